The molecule has 1 heterocycles. The van der Waals surface area contributed by atoms with E-state index in [-0.39, 0.29) is 5.41 Å². The predicted octanol–water partition coefficient (Wildman–Crippen LogP) is 2.11. The van der Waals surface area contributed by atoms with Crippen LogP contribution in [0.2, 0.25) is 0 Å². The van der Waals surface area contributed by atoms with Crippen molar-refractivity contribution in [3.8, 4) is 0 Å². The van der Waals surface area contributed by atoms with E-state index in [1.165, 1.54) is 5.69 Å². The molecule has 0 amide bonds. The van der Waals surface area contributed by atoms with Crippen molar-refractivity contribution in [3.63, 3.8) is 0 Å². The third kappa shape index (κ3) is 4.17. The first-order valence-electron chi connectivity index (χ1n) is 6.52. The second-order valence-corrected chi connectivity index (χ2v) is 5.84. The zero-order valence-electron chi connectivity index (χ0n) is 11.6. The van der Waals surface area contributed by atoms with Gasteiger partial charge in [-0.05, 0) is 37.1 Å². The van der Waals surface area contributed by atoms with Crippen LogP contribution in [0.25, 0.3) is 0 Å². The summed E-state index contributed by atoms with van der Waals surface area (Å²) in [5, 5.41) is 3.55. The lowest BCUT2D eigenvalue weighted by Crippen LogP contribution is -2.38. The van der Waals surface area contributed by atoms with Gasteiger partial charge >= 0.3 is 0 Å². The monoisotopic (exact) mass is 237 g/mol. The van der Waals surface area contributed by atoms with E-state index in [9.17, 15) is 0 Å². The molecular formula is C14H27N3. The van der Waals surface area contributed by atoms with Crippen molar-refractivity contribution in [2.45, 2.75) is 33.1 Å². The van der Waals surface area contributed by atoms with Crippen LogP contribution in [0.5, 0.6) is 0 Å². The van der Waals surface area contributed by atoms with Crippen LogP contribution in [0.3, 0.4) is 0 Å². The molecule has 1 unspecified atom stereocenters. The maximum Gasteiger partial charge on any atom is 0.0217 e. The Labute approximate surface area is 105 Å². The van der Waals surface area contributed by atoms with E-state index in [1.54, 1.807) is 0 Å². The molecule has 0 aromatic carbocycles. The lowest BCUT2D eigenvalue weighted by Gasteiger charge is -2.26. The van der Waals surface area contributed by atoms with Crippen molar-refractivity contribution in [2.24, 2.45) is 17.6 Å². The molecule has 1 aromatic heterocycles. The van der Waals surface area contributed by atoms with Gasteiger partial charge in [0.25, 0.3) is 0 Å². The number of rotatable bonds is 7. The molecule has 0 saturated carbocycles. The Morgan fingerprint density at radius 2 is 2.12 bits per heavy atom. The summed E-state index contributed by atoms with van der Waals surface area (Å²) in [5.74, 6) is 1.20. The largest absolute Gasteiger partial charge is 0.365 e. The molecule has 0 aliphatic heterocycles. The molecule has 98 valence electrons. The molecule has 3 nitrogen and oxygen atoms in total. The van der Waals surface area contributed by atoms with Crippen molar-refractivity contribution >= 4 is 0 Å². The highest BCUT2D eigenvalue weighted by Gasteiger charge is 2.21. The highest BCUT2D eigenvalue weighted by molar-refractivity contribution is 5.15. The third-order valence-electron chi connectivity index (χ3n) is 3.55. The minimum Gasteiger partial charge on any atom is -0.365 e. The second kappa shape index (κ2) is 6.22. The smallest absolute Gasteiger partial charge is 0.0217 e. The van der Waals surface area contributed by atoms with E-state index in [4.69, 9.17) is 5.73 Å². The number of hydrogen-bond acceptors (Lipinski definition) is 2. The van der Waals surface area contributed by atoms with Crippen LogP contribution in [0.1, 0.15) is 33.4 Å². The predicted molar refractivity (Wildman–Crippen MR) is 74.1 cm³/mol. The molecular weight excluding hydrogens is 210 g/mol. The summed E-state index contributed by atoms with van der Waals surface area (Å²) < 4.78 is 0. The first kappa shape index (κ1) is 14.3. The number of H-pyrrole nitrogens is 1. The van der Waals surface area contributed by atoms with Crippen molar-refractivity contribution in [1.29, 1.82) is 0 Å². The SMILES string of the molecule is CC(C)C(CN)CNCC(C)(C)c1ccc[nH]1. The molecule has 3 heteroatoms. The Balaban J connectivity index is 2.40. The van der Waals surface area contributed by atoms with Gasteiger partial charge in [0, 0.05) is 23.9 Å². The van der Waals surface area contributed by atoms with Crippen LogP contribution in [-0.2, 0) is 5.41 Å². The van der Waals surface area contributed by atoms with E-state index in [1.807, 2.05) is 12.3 Å². The van der Waals surface area contributed by atoms with Gasteiger partial charge in [-0.1, -0.05) is 27.7 Å². The van der Waals surface area contributed by atoms with Crippen LogP contribution in [-0.4, -0.2) is 24.6 Å². The Hall–Kier alpha value is -0.800. The van der Waals surface area contributed by atoms with Crippen molar-refractivity contribution in [1.82, 2.24) is 10.3 Å². The molecule has 0 fully saturated rings. The number of hydrogen-bond donors (Lipinski definition) is 3. The Morgan fingerprint density at radius 3 is 2.59 bits per heavy atom. The van der Waals surface area contributed by atoms with Crippen molar-refractivity contribution in [2.75, 3.05) is 19.6 Å². The molecule has 1 atom stereocenters. The van der Waals surface area contributed by atoms with Gasteiger partial charge in [0.05, 0.1) is 0 Å². The summed E-state index contributed by atoms with van der Waals surface area (Å²) in [6.45, 7) is 11.7. The van der Waals surface area contributed by atoms with Gasteiger partial charge in [0.2, 0.25) is 0 Å². The van der Waals surface area contributed by atoms with Crippen molar-refractivity contribution in [3.05, 3.63) is 24.0 Å². The molecule has 17 heavy (non-hydrogen) atoms. The minimum absolute atomic E-state index is 0.139. The average molecular weight is 237 g/mol. The van der Waals surface area contributed by atoms with Gasteiger partial charge in [-0.3, -0.25) is 0 Å². The van der Waals surface area contributed by atoms with E-state index >= 15 is 0 Å². The Morgan fingerprint density at radius 1 is 1.41 bits per heavy atom. The molecule has 4 N–H and O–H groups in total. The Bertz CT molecular complexity index is 301. The lowest BCUT2D eigenvalue weighted by atomic mass is 9.88. The van der Waals surface area contributed by atoms with Gasteiger partial charge in [0.1, 0.15) is 0 Å². The summed E-state index contributed by atoms with van der Waals surface area (Å²) in [5.41, 5.74) is 7.19. The van der Waals surface area contributed by atoms with E-state index in [0.29, 0.717) is 11.8 Å². The average Bonchev–Trinajstić information content (AvgIpc) is 2.77. The maximum absolute atomic E-state index is 5.77. The minimum atomic E-state index is 0.139. The highest BCUT2D eigenvalue weighted by Crippen LogP contribution is 2.20. The standard InChI is InChI=1S/C14H27N3/c1-11(2)12(8-15)9-16-10-14(3,4)13-6-5-7-17-13/h5-7,11-12,16-17H,8-10,15H2,1-4H3. The van der Waals surface area contributed by atoms with Gasteiger partial charge in [-0.15, -0.1) is 0 Å². The topological polar surface area (TPSA) is 53.8 Å². The Kier molecular flexibility index (Phi) is 5.22. The van der Waals surface area contributed by atoms with Crippen LogP contribution >= 0.6 is 0 Å². The zero-order valence-corrected chi connectivity index (χ0v) is 11.6. The molecule has 0 bridgehead atoms. The molecule has 1 aromatic rings. The van der Waals surface area contributed by atoms with E-state index < -0.39 is 0 Å². The van der Waals surface area contributed by atoms with Gasteiger partial charge < -0.3 is 16.0 Å². The van der Waals surface area contributed by atoms with Crippen LogP contribution < -0.4 is 11.1 Å². The summed E-state index contributed by atoms with van der Waals surface area (Å²) in [4.78, 5) is 3.29. The molecule has 1 rings (SSSR count). The molecule has 0 aliphatic carbocycles. The van der Waals surface area contributed by atoms with Crippen molar-refractivity contribution < 1.29 is 0 Å². The molecule has 0 aliphatic rings. The van der Waals surface area contributed by atoms with Gasteiger partial charge in [-0.25, -0.2) is 0 Å². The number of nitrogens with two attached hydrogens (primary N) is 1. The number of aromatic amines is 1. The second-order valence-electron chi connectivity index (χ2n) is 5.84. The summed E-state index contributed by atoms with van der Waals surface area (Å²) in [6.07, 6.45) is 1.98. The fourth-order valence-corrected chi connectivity index (χ4v) is 2.01. The normalized spacial score (nSPS) is 14.2. The molecule has 0 radical (unpaired) electrons. The van der Waals surface area contributed by atoms with Crippen LogP contribution in [0, 0.1) is 11.8 Å². The quantitative estimate of drug-likeness (QED) is 0.680. The van der Waals surface area contributed by atoms with E-state index in [0.717, 1.165) is 19.6 Å². The third-order valence-corrected chi connectivity index (χ3v) is 3.55. The molecule has 0 spiro atoms. The fraction of sp³-hybridized carbons (Fsp3) is 0.714. The summed E-state index contributed by atoms with van der Waals surface area (Å²) in [7, 11) is 0. The summed E-state index contributed by atoms with van der Waals surface area (Å²) in [6, 6.07) is 4.19. The number of nitrogens with one attached hydrogen (secondary N) is 2. The lowest BCUT2D eigenvalue weighted by molar-refractivity contribution is 0.350. The van der Waals surface area contributed by atoms with Gasteiger partial charge in [0.15, 0.2) is 0 Å². The zero-order chi connectivity index (χ0) is 12.9. The molecule has 0 saturated heterocycles. The number of aromatic nitrogens is 1. The maximum atomic E-state index is 5.77. The fourth-order valence-electron chi connectivity index (χ4n) is 2.01. The first-order chi connectivity index (χ1) is 7.97. The van der Waals surface area contributed by atoms with Gasteiger partial charge in [-0.2, -0.15) is 0 Å². The summed E-state index contributed by atoms with van der Waals surface area (Å²) >= 11 is 0. The van der Waals surface area contributed by atoms with Crippen LogP contribution in [0.15, 0.2) is 18.3 Å². The highest BCUT2D eigenvalue weighted by atomic mass is 14.9. The van der Waals surface area contributed by atoms with E-state index in [2.05, 4.69) is 44.1 Å². The first-order valence-corrected chi connectivity index (χ1v) is 6.52. The van der Waals surface area contributed by atoms with Crippen LogP contribution in [0.4, 0.5) is 0 Å².